The molecule has 0 unspecified atom stereocenters. The van der Waals surface area contributed by atoms with E-state index in [0.29, 0.717) is 10.6 Å². The van der Waals surface area contributed by atoms with Crippen molar-refractivity contribution >= 4 is 34.2 Å². The summed E-state index contributed by atoms with van der Waals surface area (Å²) in [5.41, 5.74) is 0.210. The second-order valence-corrected chi connectivity index (χ2v) is 5.89. The molecular formula is C15H17N3O5S. The molecule has 0 fully saturated rings. The number of nitrogens with one attached hydrogen (secondary N) is 1. The van der Waals surface area contributed by atoms with Crippen LogP contribution in [0.4, 0.5) is 5.00 Å². The number of carbonyl (C=O) groups excluding carboxylic acids is 2. The molecule has 0 saturated carbocycles. The van der Waals surface area contributed by atoms with Gasteiger partial charge in [0.25, 0.3) is 0 Å². The van der Waals surface area contributed by atoms with Crippen molar-refractivity contribution in [2.45, 2.75) is 26.8 Å². The number of nitrogens with zero attached hydrogens (tertiary/aromatic N) is 2. The normalized spacial score (nSPS) is 10.4. The molecule has 0 saturated heterocycles. The number of thiophene rings is 1. The molecule has 0 aliphatic heterocycles. The number of aromatic carboxylic acids is 1. The van der Waals surface area contributed by atoms with E-state index in [1.54, 1.807) is 13.0 Å². The molecular weight excluding hydrogens is 334 g/mol. The summed E-state index contributed by atoms with van der Waals surface area (Å²) in [4.78, 5) is 36.1. The summed E-state index contributed by atoms with van der Waals surface area (Å²) in [7, 11) is 0. The Morgan fingerprint density at radius 2 is 2.12 bits per heavy atom. The monoisotopic (exact) mass is 351 g/mol. The molecule has 0 atom stereocenters. The minimum absolute atomic E-state index is 0.0869. The van der Waals surface area contributed by atoms with Crippen LogP contribution in [0.2, 0.25) is 0 Å². The molecule has 128 valence electrons. The summed E-state index contributed by atoms with van der Waals surface area (Å²) < 4.78 is 6.07. The predicted molar refractivity (Wildman–Crippen MR) is 87.5 cm³/mol. The highest BCUT2D eigenvalue weighted by Crippen LogP contribution is 2.29. The van der Waals surface area contributed by atoms with E-state index in [0.717, 1.165) is 16.0 Å². The van der Waals surface area contributed by atoms with Crippen LogP contribution in [0, 0.1) is 0 Å². The second kappa shape index (κ2) is 7.73. The average Bonchev–Trinajstić information content (AvgIpc) is 3.14. The van der Waals surface area contributed by atoms with Gasteiger partial charge < -0.3 is 15.2 Å². The van der Waals surface area contributed by atoms with Crippen molar-refractivity contribution in [1.82, 2.24) is 9.78 Å². The number of carboxylic acids is 1. The van der Waals surface area contributed by atoms with E-state index in [1.165, 1.54) is 23.6 Å². The number of rotatable bonds is 7. The Bertz CT molecular complexity index is 765. The summed E-state index contributed by atoms with van der Waals surface area (Å²) in [6.45, 7) is 3.61. The number of aryl methyl sites for hydroxylation is 1. The van der Waals surface area contributed by atoms with Gasteiger partial charge in [-0.25, -0.2) is 14.3 Å². The maximum absolute atomic E-state index is 12.2. The zero-order valence-electron chi connectivity index (χ0n) is 13.2. The molecule has 2 heterocycles. The molecule has 2 N–H and O–H groups in total. The van der Waals surface area contributed by atoms with Gasteiger partial charge in [-0.1, -0.05) is 6.92 Å². The third kappa shape index (κ3) is 3.99. The minimum Gasteiger partial charge on any atom is -0.477 e. The lowest BCUT2D eigenvalue weighted by atomic mass is 10.2. The van der Waals surface area contributed by atoms with Gasteiger partial charge in [-0.3, -0.25) is 4.79 Å². The van der Waals surface area contributed by atoms with Crippen molar-refractivity contribution in [2.75, 3.05) is 11.9 Å². The van der Waals surface area contributed by atoms with Gasteiger partial charge >= 0.3 is 11.9 Å². The molecule has 0 aliphatic carbocycles. The average molecular weight is 351 g/mol. The lowest BCUT2D eigenvalue weighted by Gasteiger charge is -2.07. The quantitative estimate of drug-likeness (QED) is 0.738. The Kier molecular flexibility index (Phi) is 5.69. The predicted octanol–water partition coefficient (Wildman–Crippen LogP) is 2.02. The highest BCUT2D eigenvalue weighted by atomic mass is 32.1. The van der Waals surface area contributed by atoms with E-state index in [1.807, 2.05) is 6.92 Å². The molecule has 0 aromatic carbocycles. The van der Waals surface area contributed by atoms with Crippen LogP contribution in [-0.2, 0) is 22.5 Å². The van der Waals surface area contributed by atoms with E-state index in [9.17, 15) is 14.4 Å². The van der Waals surface area contributed by atoms with Crippen LogP contribution in [0.5, 0.6) is 0 Å². The summed E-state index contributed by atoms with van der Waals surface area (Å²) in [5.74, 6) is -2.15. The van der Waals surface area contributed by atoms with Crippen LogP contribution in [-0.4, -0.2) is 39.3 Å². The lowest BCUT2D eigenvalue weighted by molar-refractivity contribution is -0.116. The number of hydrogen-bond donors (Lipinski definition) is 2. The summed E-state index contributed by atoms with van der Waals surface area (Å²) in [5, 5.41) is 15.9. The van der Waals surface area contributed by atoms with Gasteiger partial charge in [0.05, 0.1) is 12.2 Å². The number of carbonyl (C=O) groups is 3. The number of hydrogen-bond acceptors (Lipinski definition) is 6. The van der Waals surface area contributed by atoms with E-state index >= 15 is 0 Å². The second-order valence-electron chi connectivity index (χ2n) is 4.76. The number of amides is 1. The Hall–Kier alpha value is -2.68. The van der Waals surface area contributed by atoms with Gasteiger partial charge in [-0.2, -0.15) is 5.10 Å². The van der Waals surface area contributed by atoms with Gasteiger partial charge in [0, 0.05) is 11.1 Å². The fraction of sp³-hybridized carbons (Fsp3) is 0.333. The molecule has 8 nitrogen and oxygen atoms in total. The number of anilines is 1. The standard InChI is InChI=1S/C15H17N3O5S/c1-3-9-7-10(15(22)23-4-2)13(24-9)17-12(19)8-18-11(14(20)21)5-6-16-18/h5-7H,3-4,8H2,1-2H3,(H,17,19)(H,20,21). The third-order valence-corrected chi connectivity index (χ3v) is 4.30. The molecule has 0 radical (unpaired) electrons. The van der Waals surface area contributed by atoms with Crippen molar-refractivity contribution in [3.63, 3.8) is 0 Å². The Morgan fingerprint density at radius 1 is 1.38 bits per heavy atom. The SMILES string of the molecule is CCOC(=O)c1cc(CC)sc1NC(=O)Cn1nccc1C(=O)O. The number of ether oxygens (including phenoxy) is 1. The fourth-order valence-corrected chi connectivity index (χ4v) is 3.01. The summed E-state index contributed by atoms with van der Waals surface area (Å²) in [6, 6.07) is 2.99. The lowest BCUT2D eigenvalue weighted by Crippen LogP contribution is -2.22. The minimum atomic E-state index is -1.17. The third-order valence-electron chi connectivity index (χ3n) is 3.11. The fourth-order valence-electron chi connectivity index (χ4n) is 2.01. The van der Waals surface area contributed by atoms with Crippen LogP contribution in [0.3, 0.4) is 0 Å². The van der Waals surface area contributed by atoms with E-state index in [2.05, 4.69) is 10.4 Å². The smallest absolute Gasteiger partial charge is 0.354 e. The molecule has 0 bridgehead atoms. The molecule has 1 amide bonds. The molecule has 2 rings (SSSR count). The number of aromatic nitrogens is 2. The molecule has 24 heavy (non-hydrogen) atoms. The number of esters is 1. The van der Waals surface area contributed by atoms with E-state index in [-0.39, 0.29) is 18.8 Å². The number of carboxylic acid groups (broad SMARTS) is 1. The Balaban J connectivity index is 2.16. The van der Waals surface area contributed by atoms with Gasteiger partial charge in [0.15, 0.2) is 0 Å². The maximum Gasteiger partial charge on any atom is 0.354 e. The van der Waals surface area contributed by atoms with Crippen LogP contribution < -0.4 is 5.32 Å². The van der Waals surface area contributed by atoms with E-state index in [4.69, 9.17) is 9.84 Å². The Morgan fingerprint density at radius 3 is 2.75 bits per heavy atom. The first kappa shape index (κ1) is 17.7. The molecule has 0 spiro atoms. The molecule has 0 aliphatic rings. The summed E-state index contributed by atoms with van der Waals surface area (Å²) in [6.07, 6.45) is 2.02. The first-order valence-electron chi connectivity index (χ1n) is 7.31. The van der Waals surface area contributed by atoms with Crippen molar-refractivity contribution in [3.8, 4) is 0 Å². The van der Waals surface area contributed by atoms with E-state index < -0.39 is 17.8 Å². The van der Waals surface area contributed by atoms with Crippen LogP contribution in [0.25, 0.3) is 0 Å². The Labute approximate surface area is 142 Å². The van der Waals surface area contributed by atoms with Crippen molar-refractivity contribution in [3.05, 3.63) is 34.5 Å². The van der Waals surface area contributed by atoms with Crippen molar-refractivity contribution in [2.24, 2.45) is 0 Å². The molecule has 2 aromatic rings. The summed E-state index contributed by atoms with van der Waals surface area (Å²) >= 11 is 1.29. The van der Waals surface area contributed by atoms with Crippen molar-refractivity contribution < 1.29 is 24.2 Å². The molecule has 9 heteroatoms. The van der Waals surface area contributed by atoms with Crippen LogP contribution in [0.15, 0.2) is 18.3 Å². The highest BCUT2D eigenvalue weighted by molar-refractivity contribution is 7.16. The van der Waals surface area contributed by atoms with Crippen LogP contribution >= 0.6 is 11.3 Å². The topological polar surface area (TPSA) is 111 Å². The maximum atomic E-state index is 12.2. The largest absolute Gasteiger partial charge is 0.477 e. The first-order chi connectivity index (χ1) is 11.5. The highest BCUT2D eigenvalue weighted by Gasteiger charge is 2.20. The van der Waals surface area contributed by atoms with Gasteiger partial charge in [0.1, 0.15) is 17.2 Å². The van der Waals surface area contributed by atoms with Gasteiger partial charge in [0.2, 0.25) is 5.91 Å². The van der Waals surface area contributed by atoms with Crippen LogP contribution in [0.1, 0.15) is 39.6 Å². The molecule has 2 aromatic heterocycles. The first-order valence-corrected chi connectivity index (χ1v) is 8.12. The zero-order chi connectivity index (χ0) is 17.7. The zero-order valence-corrected chi connectivity index (χ0v) is 14.1. The van der Waals surface area contributed by atoms with Crippen molar-refractivity contribution in [1.29, 1.82) is 0 Å². The van der Waals surface area contributed by atoms with Gasteiger partial charge in [-0.15, -0.1) is 11.3 Å². The van der Waals surface area contributed by atoms with Gasteiger partial charge in [-0.05, 0) is 25.5 Å².